The highest BCUT2D eigenvalue weighted by Crippen LogP contribution is 2.22. The van der Waals surface area contributed by atoms with E-state index in [0.717, 1.165) is 12.3 Å². The average Bonchev–Trinajstić information content (AvgIpc) is 2.18. The van der Waals surface area contributed by atoms with Crippen LogP contribution in [-0.4, -0.2) is 6.54 Å². The predicted molar refractivity (Wildman–Crippen MR) is 67.1 cm³/mol. The summed E-state index contributed by atoms with van der Waals surface area (Å²) >= 11 is 0. The van der Waals surface area contributed by atoms with Crippen molar-refractivity contribution in [3.63, 3.8) is 0 Å². The van der Waals surface area contributed by atoms with Crippen LogP contribution in [0.15, 0.2) is 24.3 Å². The van der Waals surface area contributed by atoms with E-state index in [-0.39, 0.29) is 5.41 Å². The Labute approximate surface area is 93.7 Å². The zero-order valence-corrected chi connectivity index (χ0v) is 10.4. The van der Waals surface area contributed by atoms with Crippen molar-refractivity contribution < 1.29 is 0 Å². The minimum atomic E-state index is 0.0936. The molecule has 2 N–H and O–H groups in total. The van der Waals surface area contributed by atoms with Crippen molar-refractivity contribution in [3.8, 4) is 0 Å². The Hall–Kier alpha value is -0.820. The van der Waals surface area contributed by atoms with E-state index in [9.17, 15) is 0 Å². The van der Waals surface area contributed by atoms with Crippen molar-refractivity contribution >= 4 is 0 Å². The summed E-state index contributed by atoms with van der Waals surface area (Å²) in [5.41, 5.74) is 8.60. The first kappa shape index (κ1) is 12.3. The first-order valence-corrected chi connectivity index (χ1v) is 5.75. The number of benzene rings is 1. The van der Waals surface area contributed by atoms with Gasteiger partial charge in [0.1, 0.15) is 0 Å². The van der Waals surface area contributed by atoms with Crippen molar-refractivity contribution in [1.29, 1.82) is 0 Å². The average molecular weight is 205 g/mol. The lowest BCUT2D eigenvalue weighted by Crippen LogP contribution is -2.27. The molecular weight excluding hydrogens is 182 g/mol. The third-order valence-electron chi connectivity index (χ3n) is 2.89. The van der Waals surface area contributed by atoms with Crippen LogP contribution >= 0.6 is 0 Å². The molecule has 1 aromatic carbocycles. The normalized spacial score (nSPS) is 12.1. The maximum atomic E-state index is 5.76. The largest absolute Gasteiger partial charge is 0.330 e. The fourth-order valence-corrected chi connectivity index (χ4v) is 1.68. The predicted octanol–water partition coefficient (Wildman–Crippen LogP) is 3.12. The fourth-order valence-electron chi connectivity index (χ4n) is 1.68. The molecule has 0 unspecified atom stereocenters. The minimum Gasteiger partial charge on any atom is -0.330 e. The summed E-state index contributed by atoms with van der Waals surface area (Å²) in [5, 5.41) is 0. The second-order valence-electron chi connectivity index (χ2n) is 5.38. The highest BCUT2D eigenvalue weighted by molar-refractivity contribution is 5.28. The monoisotopic (exact) mass is 205 g/mol. The molecule has 0 amide bonds. The standard InChI is InChI=1S/C14H23N/c1-11(2)9-12-5-7-13(8-6-12)14(3,4)10-15/h5-8,11H,9-10,15H2,1-4H3. The van der Waals surface area contributed by atoms with E-state index < -0.39 is 0 Å². The molecule has 15 heavy (non-hydrogen) atoms. The highest BCUT2D eigenvalue weighted by atomic mass is 14.6. The van der Waals surface area contributed by atoms with Gasteiger partial charge >= 0.3 is 0 Å². The molecule has 0 atom stereocenters. The van der Waals surface area contributed by atoms with E-state index in [1.165, 1.54) is 11.1 Å². The molecule has 84 valence electrons. The van der Waals surface area contributed by atoms with Crippen LogP contribution in [0.4, 0.5) is 0 Å². The Morgan fingerprint density at radius 2 is 1.67 bits per heavy atom. The van der Waals surface area contributed by atoms with E-state index in [0.29, 0.717) is 6.54 Å². The third kappa shape index (κ3) is 3.35. The summed E-state index contributed by atoms with van der Waals surface area (Å²) in [6.45, 7) is 9.56. The van der Waals surface area contributed by atoms with Crippen LogP contribution in [0.3, 0.4) is 0 Å². The van der Waals surface area contributed by atoms with Gasteiger partial charge in [-0.3, -0.25) is 0 Å². The van der Waals surface area contributed by atoms with Crippen LogP contribution in [0.2, 0.25) is 0 Å². The van der Waals surface area contributed by atoms with Crippen LogP contribution in [0, 0.1) is 5.92 Å². The Balaban J connectivity index is 2.81. The topological polar surface area (TPSA) is 26.0 Å². The first-order chi connectivity index (χ1) is 6.95. The smallest absolute Gasteiger partial charge is 0.00190 e. The van der Waals surface area contributed by atoms with Crippen molar-refractivity contribution in [3.05, 3.63) is 35.4 Å². The summed E-state index contributed by atoms with van der Waals surface area (Å²) in [5.74, 6) is 0.721. The van der Waals surface area contributed by atoms with Gasteiger partial charge in [0.05, 0.1) is 0 Å². The van der Waals surface area contributed by atoms with Gasteiger partial charge in [0.15, 0.2) is 0 Å². The van der Waals surface area contributed by atoms with Gasteiger partial charge in [0, 0.05) is 12.0 Å². The molecule has 1 nitrogen and oxygen atoms in total. The Morgan fingerprint density at radius 1 is 1.13 bits per heavy atom. The molecule has 0 saturated carbocycles. The summed E-state index contributed by atoms with van der Waals surface area (Å²) in [6, 6.07) is 8.88. The lowest BCUT2D eigenvalue weighted by molar-refractivity contribution is 0.538. The van der Waals surface area contributed by atoms with Crippen LogP contribution in [0.1, 0.15) is 38.8 Å². The van der Waals surface area contributed by atoms with Gasteiger partial charge in [0.25, 0.3) is 0 Å². The van der Waals surface area contributed by atoms with Crippen LogP contribution in [-0.2, 0) is 11.8 Å². The minimum absolute atomic E-state index is 0.0936. The zero-order valence-electron chi connectivity index (χ0n) is 10.4. The van der Waals surface area contributed by atoms with E-state index in [2.05, 4.69) is 52.0 Å². The van der Waals surface area contributed by atoms with E-state index in [1.807, 2.05) is 0 Å². The Kier molecular flexibility index (Phi) is 3.92. The molecule has 1 aromatic rings. The van der Waals surface area contributed by atoms with Crippen molar-refractivity contribution in [1.82, 2.24) is 0 Å². The molecule has 0 aromatic heterocycles. The third-order valence-corrected chi connectivity index (χ3v) is 2.89. The molecule has 0 aliphatic rings. The summed E-state index contributed by atoms with van der Waals surface area (Å²) in [4.78, 5) is 0. The zero-order chi connectivity index (χ0) is 11.5. The molecule has 0 aliphatic heterocycles. The van der Waals surface area contributed by atoms with Gasteiger partial charge in [-0.15, -0.1) is 0 Å². The van der Waals surface area contributed by atoms with Gasteiger partial charge in [-0.2, -0.15) is 0 Å². The molecular formula is C14H23N. The van der Waals surface area contributed by atoms with Gasteiger partial charge in [-0.05, 0) is 23.5 Å². The lowest BCUT2D eigenvalue weighted by atomic mass is 9.84. The van der Waals surface area contributed by atoms with E-state index in [1.54, 1.807) is 0 Å². The van der Waals surface area contributed by atoms with Gasteiger partial charge in [0.2, 0.25) is 0 Å². The fraction of sp³-hybridized carbons (Fsp3) is 0.571. The van der Waals surface area contributed by atoms with Crippen molar-refractivity contribution in [2.45, 2.75) is 39.5 Å². The second-order valence-corrected chi connectivity index (χ2v) is 5.38. The molecule has 1 heteroatoms. The molecule has 0 heterocycles. The molecule has 1 rings (SSSR count). The Bertz CT molecular complexity index is 296. The number of nitrogens with two attached hydrogens (primary N) is 1. The first-order valence-electron chi connectivity index (χ1n) is 5.75. The number of hydrogen-bond donors (Lipinski definition) is 1. The molecule has 0 saturated heterocycles. The summed E-state index contributed by atoms with van der Waals surface area (Å²) < 4.78 is 0. The van der Waals surface area contributed by atoms with Gasteiger partial charge < -0.3 is 5.73 Å². The van der Waals surface area contributed by atoms with E-state index in [4.69, 9.17) is 5.73 Å². The summed E-state index contributed by atoms with van der Waals surface area (Å²) in [6.07, 6.45) is 1.16. The maximum Gasteiger partial charge on any atom is 0.00190 e. The maximum absolute atomic E-state index is 5.76. The lowest BCUT2D eigenvalue weighted by Gasteiger charge is -2.23. The van der Waals surface area contributed by atoms with Crippen LogP contribution < -0.4 is 5.73 Å². The van der Waals surface area contributed by atoms with Crippen LogP contribution in [0.5, 0.6) is 0 Å². The molecule has 0 aliphatic carbocycles. The highest BCUT2D eigenvalue weighted by Gasteiger charge is 2.17. The Morgan fingerprint density at radius 3 is 2.07 bits per heavy atom. The second kappa shape index (κ2) is 4.80. The SMILES string of the molecule is CC(C)Cc1ccc(C(C)(C)CN)cc1. The summed E-state index contributed by atoms with van der Waals surface area (Å²) in [7, 11) is 0. The molecule has 0 spiro atoms. The van der Waals surface area contributed by atoms with Crippen LogP contribution in [0.25, 0.3) is 0 Å². The number of hydrogen-bond acceptors (Lipinski definition) is 1. The van der Waals surface area contributed by atoms with Gasteiger partial charge in [-0.25, -0.2) is 0 Å². The quantitative estimate of drug-likeness (QED) is 0.803. The van der Waals surface area contributed by atoms with Gasteiger partial charge in [-0.1, -0.05) is 52.0 Å². The van der Waals surface area contributed by atoms with Crippen molar-refractivity contribution in [2.75, 3.05) is 6.54 Å². The van der Waals surface area contributed by atoms with E-state index >= 15 is 0 Å². The molecule has 0 fully saturated rings. The molecule has 0 bridgehead atoms. The van der Waals surface area contributed by atoms with Crippen molar-refractivity contribution in [2.24, 2.45) is 11.7 Å². The molecule has 0 radical (unpaired) electrons. The number of rotatable bonds is 4.